The Morgan fingerprint density at radius 3 is 2.27 bits per heavy atom. The van der Waals surface area contributed by atoms with E-state index in [0.717, 1.165) is 0 Å². The Morgan fingerprint density at radius 1 is 1.06 bits per heavy atom. The van der Waals surface area contributed by atoms with Crippen LogP contribution >= 0.6 is 0 Å². The summed E-state index contributed by atoms with van der Waals surface area (Å²) in [6.45, 7) is 12.1. The first kappa shape index (κ1) is 24.0. The largest absolute Gasteiger partial charge is 0.394 e. The summed E-state index contributed by atoms with van der Waals surface area (Å²) in [4.78, 5) is 46.7. The van der Waals surface area contributed by atoms with Gasteiger partial charge < -0.3 is 24.5 Å². The Hall–Kier alpha value is -2.19. The number of likely N-dealkylation sites (tertiary alicyclic amines) is 1. The van der Waals surface area contributed by atoms with Gasteiger partial charge in [-0.25, -0.2) is 0 Å². The van der Waals surface area contributed by atoms with Gasteiger partial charge in [0.05, 0.1) is 30.1 Å². The van der Waals surface area contributed by atoms with Crippen molar-refractivity contribution in [3.05, 3.63) is 24.3 Å². The molecule has 33 heavy (non-hydrogen) atoms. The zero-order valence-corrected chi connectivity index (χ0v) is 20.7. The van der Waals surface area contributed by atoms with Crippen LogP contribution in [0.4, 0.5) is 0 Å². The van der Waals surface area contributed by atoms with E-state index in [1.807, 2.05) is 65.8 Å². The maximum Gasteiger partial charge on any atom is 0.249 e. The number of rotatable bonds is 3. The number of likely N-dealkylation sites (N-methyl/N-ethyl adjacent to an activating group) is 1. The number of hydrogen-bond donors (Lipinski definition) is 1. The minimum atomic E-state index is -1.28. The standard InChI is InChI=1S/C25H37N3O5/c1-15(2)16(14-29)28-19-22(32)27(23(3,4)5)13-9-11-25(19)18(21(28)31)17-20(30)26(7)12-8-10-24(17,6)33-25/h8-11,15-19,29H,12-14H2,1-7H3/t16-,17-,18-,19?,24+,25-/m0/s1. The van der Waals surface area contributed by atoms with Gasteiger partial charge in [0, 0.05) is 25.7 Å². The molecule has 2 fully saturated rings. The van der Waals surface area contributed by atoms with Crippen LogP contribution in [0.25, 0.3) is 0 Å². The van der Waals surface area contributed by atoms with Gasteiger partial charge in [-0.15, -0.1) is 0 Å². The van der Waals surface area contributed by atoms with Crippen LogP contribution in [0.3, 0.4) is 0 Å². The van der Waals surface area contributed by atoms with E-state index in [4.69, 9.17) is 4.74 Å². The lowest BCUT2D eigenvalue weighted by Gasteiger charge is -2.43. The summed E-state index contributed by atoms with van der Waals surface area (Å²) >= 11 is 0. The van der Waals surface area contributed by atoms with Crippen molar-refractivity contribution in [3.63, 3.8) is 0 Å². The second-order valence-electron chi connectivity index (χ2n) is 11.4. The fraction of sp³-hybridized carbons (Fsp3) is 0.720. The van der Waals surface area contributed by atoms with Gasteiger partial charge in [0.15, 0.2) is 0 Å². The van der Waals surface area contributed by atoms with Gasteiger partial charge >= 0.3 is 0 Å². The number of aliphatic hydroxyl groups excluding tert-OH is 1. The molecule has 0 saturated carbocycles. The maximum atomic E-state index is 14.2. The van der Waals surface area contributed by atoms with Crippen LogP contribution in [-0.2, 0) is 19.1 Å². The van der Waals surface area contributed by atoms with Crippen LogP contribution in [0.5, 0.6) is 0 Å². The third-order valence-electron chi connectivity index (χ3n) is 7.82. The number of nitrogens with zero attached hydrogens (tertiary/aromatic N) is 3. The van der Waals surface area contributed by atoms with E-state index in [-0.39, 0.29) is 30.2 Å². The summed E-state index contributed by atoms with van der Waals surface area (Å²) in [5.74, 6) is -2.37. The molecule has 182 valence electrons. The van der Waals surface area contributed by atoms with Gasteiger partial charge in [0.25, 0.3) is 0 Å². The molecule has 0 aromatic rings. The van der Waals surface area contributed by atoms with Gasteiger partial charge in [-0.3, -0.25) is 14.4 Å². The lowest BCUT2D eigenvalue weighted by atomic mass is 9.74. The van der Waals surface area contributed by atoms with Gasteiger partial charge in [0.2, 0.25) is 17.7 Å². The van der Waals surface area contributed by atoms with E-state index in [1.165, 1.54) is 4.90 Å². The zero-order chi connectivity index (χ0) is 24.5. The van der Waals surface area contributed by atoms with E-state index >= 15 is 0 Å². The number of fused-ring (bicyclic) bond motifs is 2. The SMILES string of the molecule is CC(C)[C@H](CO)N1C(=O)[C@@H]2[C@H]3C(=O)N(C)CC=C[C@@]3(C)O[C@@]23C=CCN(C(C)(C)C)C(=O)C13. The van der Waals surface area contributed by atoms with Crippen molar-refractivity contribution in [2.75, 3.05) is 26.7 Å². The fourth-order valence-electron chi connectivity index (χ4n) is 6.16. The smallest absolute Gasteiger partial charge is 0.249 e. The Labute approximate surface area is 196 Å². The molecule has 4 aliphatic heterocycles. The van der Waals surface area contributed by atoms with E-state index in [1.54, 1.807) is 16.8 Å². The molecule has 6 atom stereocenters. The zero-order valence-electron chi connectivity index (χ0n) is 20.7. The molecule has 4 rings (SSSR count). The molecule has 4 aliphatic rings. The average molecular weight is 460 g/mol. The summed E-state index contributed by atoms with van der Waals surface area (Å²) in [5.41, 5.74) is -2.77. The Balaban J connectivity index is 1.95. The number of ether oxygens (including phenoxy) is 1. The highest BCUT2D eigenvalue weighted by molar-refractivity contribution is 6.00. The van der Waals surface area contributed by atoms with E-state index in [0.29, 0.717) is 13.1 Å². The molecule has 0 bridgehead atoms. The van der Waals surface area contributed by atoms with Crippen LogP contribution in [0.2, 0.25) is 0 Å². The molecule has 0 aromatic heterocycles. The van der Waals surface area contributed by atoms with Crippen LogP contribution in [0.15, 0.2) is 24.3 Å². The van der Waals surface area contributed by atoms with Crippen LogP contribution < -0.4 is 0 Å². The lowest BCUT2D eigenvalue weighted by Crippen LogP contribution is -2.61. The van der Waals surface area contributed by atoms with Crippen molar-refractivity contribution in [2.45, 2.75) is 70.4 Å². The molecular weight excluding hydrogens is 422 g/mol. The number of amides is 3. The second kappa shape index (κ2) is 7.67. The van der Waals surface area contributed by atoms with Crippen LogP contribution in [-0.4, -0.2) is 93.1 Å². The molecule has 0 aromatic carbocycles. The second-order valence-corrected chi connectivity index (χ2v) is 11.4. The Kier molecular flexibility index (Phi) is 5.56. The summed E-state index contributed by atoms with van der Waals surface area (Å²) in [7, 11) is 1.72. The highest BCUT2D eigenvalue weighted by atomic mass is 16.5. The normalized spacial score (nSPS) is 37.3. The van der Waals surface area contributed by atoms with E-state index in [9.17, 15) is 19.5 Å². The molecule has 0 aliphatic carbocycles. The van der Waals surface area contributed by atoms with Crippen LogP contribution in [0.1, 0.15) is 41.5 Å². The van der Waals surface area contributed by atoms with Gasteiger partial charge in [-0.2, -0.15) is 0 Å². The monoisotopic (exact) mass is 459 g/mol. The van der Waals surface area contributed by atoms with Crippen molar-refractivity contribution in [3.8, 4) is 0 Å². The predicted molar refractivity (Wildman–Crippen MR) is 123 cm³/mol. The maximum absolute atomic E-state index is 14.2. The highest BCUT2D eigenvalue weighted by Gasteiger charge is 2.75. The third-order valence-corrected chi connectivity index (χ3v) is 7.82. The Bertz CT molecular complexity index is 921. The molecule has 1 N–H and O–H groups in total. The summed E-state index contributed by atoms with van der Waals surface area (Å²) in [6, 6.07) is -1.52. The molecule has 1 unspecified atom stereocenters. The molecule has 8 heteroatoms. The van der Waals surface area contributed by atoms with Crippen LogP contribution in [0, 0.1) is 17.8 Å². The number of carbonyl (C=O) groups is 3. The summed E-state index contributed by atoms with van der Waals surface area (Å²) < 4.78 is 6.74. The topological polar surface area (TPSA) is 90.4 Å². The van der Waals surface area contributed by atoms with Gasteiger partial charge in [-0.1, -0.05) is 38.2 Å². The molecule has 4 heterocycles. The minimum absolute atomic E-state index is 0.0864. The summed E-state index contributed by atoms with van der Waals surface area (Å²) in [5, 5.41) is 10.3. The quantitative estimate of drug-likeness (QED) is 0.641. The van der Waals surface area contributed by atoms with Gasteiger partial charge in [-0.05, 0) is 33.6 Å². The lowest BCUT2D eigenvalue weighted by molar-refractivity contribution is -0.159. The number of hydrogen-bond acceptors (Lipinski definition) is 5. The minimum Gasteiger partial charge on any atom is -0.394 e. The predicted octanol–water partition coefficient (Wildman–Crippen LogP) is 1.20. The summed E-state index contributed by atoms with van der Waals surface area (Å²) in [6.07, 6.45) is 7.50. The first-order valence-electron chi connectivity index (χ1n) is 11.8. The Morgan fingerprint density at radius 2 is 1.70 bits per heavy atom. The molecule has 0 radical (unpaired) electrons. The van der Waals surface area contributed by atoms with Crippen molar-refractivity contribution in [1.29, 1.82) is 0 Å². The molecule has 1 spiro atoms. The van der Waals surface area contributed by atoms with E-state index < -0.39 is 40.7 Å². The first-order chi connectivity index (χ1) is 15.3. The molecule has 2 saturated heterocycles. The molecule has 3 amide bonds. The number of aliphatic hydroxyl groups is 1. The average Bonchev–Trinajstić information content (AvgIpc) is 2.97. The molecule has 8 nitrogen and oxygen atoms in total. The van der Waals surface area contributed by atoms with Crippen molar-refractivity contribution >= 4 is 17.7 Å². The fourth-order valence-corrected chi connectivity index (χ4v) is 6.16. The first-order valence-corrected chi connectivity index (χ1v) is 11.8. The van der Waals surface area contributed by atoms with Crippen molar-refractivity contribution in [1.82, 2.24) is 14.7 Å². The van der Waals surface area contributed by atoms with E-state index in [2.05, 4.69) is 0 Å². The van der Waals surface area contributed by atoms with Crippen molar-refractivity contribution < 1.29 is 24.2 Å². The highest BCUT2D eigenvalue weighted by Crippen LogP contribution is 2.58. The van der Waals surface area contributed by atoms with Gasteiger partial charge in [0.1, 0.15) is 11.6 Å². The third kappa shape index (κ3) is 3.28. The van der Waals surface area contributed by atoms with Crippen molar-refractivity contribution in [2.24, 2.45) is 17.8 Å². The molecular formula is C25H37N3O5. The number of carbonyl (C=O) groups excluding carboxylic acids is 3.